The summed E-state index contributed by atoms with van der Waals surface area (Å²) < 4.78 is 0. The first-order valence-corrected chi connectivity index (χ1v) is 7.03. The SMILES string of the molecule is CC1=NN(c2ccccc2)C(=O)C1.Nc1cc([N+](=O)[O-])ccc1O. The zero-order valence-corrected chi connectivity index (χ0v) is 12.9. The Balaban J connectivity index is 0.000000177. The molecular weight excluding hydrogens is 312 g/mol. The molecule has 0 radical (unpaired) electrons. The van der Waals surface area contributed by atoms with Gasteiger partial charge in [0.15, 0.2) is 0 Å². The van der Waals surface area contributed by atoms with Crippen molar-refractivity contribution in [1.29, 1.82) is 0 Å². The van der Waals surface area contributed by atoms with E-state index in [1.165, 1.54) is 17.1 Å². The molecule has 0 saturated heterocycles. The molecule has 0 saturated carbocycles. The number of phenolic OH excluding ortho intramolecular Hbond substituents is 1. The van der Waals surface area contributed by atoms with E-state index in [2.05, 4.69) is 5.10 Å². The van der Waals surface area contributed by atoms with Gasteiger partial charge in [0.2, 0.25) is 0 Å². The second kappa shape index (κ2) is 7.23. The van der Waals surface area contributed by atoms with E-state index in [9.17, 15) is 14.9 Å². The summed E-state index contributed by atoms with van der Waals surface area (Å²) in [6.07, 6.45) is 0.439. The quantitative estimate of drug-likeness (QED) is 0.380. The molecule has 1 heterocycles. The molecule has 3 rings (SSSR count). The van der Waals surface area contributed by atoms with Crippen molar-refractivity contribution in [1.82, 2.24) is 0 Å². The minimum Gasteiger partial charge on any atom is -0.506 e. The number of nitrogen functional groups attached to an aromatic ring is 1. The van der Waals surface area contributed by atoms with Crippen LogP contribution in [0.3, 0.4) is 0 Å². The lowest BCUT2D eigenvalue weighted by atomic mass is 10.2. The van der Waals surface area contributed by atoms with E-state index in [1.807, 2.05) is 37.3 Å². The van der Waals surface area contributed by atoms with Crippen molar-refractivity contribution >= 4 is 28.7 Å². The molecule has 24 heavy (non-hydrogen) atoms. The Morgan fingerprint density at radius 2 is 1.92 bits per heavy atom. The molecule has 0 spiro atoms. The van der Waals surface area contributed by atoms with Crippen LogP contribution in [-0.2, 0) is 4.79 Å². The molecule has 2 aromatic rings. The minimum atomic E-state index is -0.574. The number of hydrogen-bond acceptors (Lipinski definition) is 6. The Bertz CT molecular complexity index is 790. The Hall–Kier alpha value is -3.42. The number of rotatable bonds is 2. The van der Waals surface area contributed by atoms with Crippen LogP contribution in [0.15, 0.2) is 53.6 Å². The molecule has 0 atom stereocenters. The highest BCUT2D eigenvalue weighted by molar-refractivity contribution is 6.12. The maximum Gasteiger partial charge on any atom is 0.271 e. The van der Waals surface area contributed by atoms with Crippen molar-refractivity contribution in [2.45, 2.75) is 13.3 Å². The van der Waals surface area contributed by atoms with Gasteiger partial charge in [-0.25, -0.2) is 5.01 Å². The predicted molar refractivity (Wildman–Crippen MR) is 90.8 cm³/mol. The number of amides is 1. The fraction of sp³-hybridized carbons (Fsp3) is 0.125. The summed E-state index contributed by atoms with van der Waals surface area (Å²) >= 11 is 0. The van der Waals surface area contributed by atoms with Crippen LogP contribution in [-0.4, -0.2) is 21.6 Å². The van der Waals surface area contributed by atoms with Crippen LogP contribution >= 0.6 is 0 Å². The molecule has 2 aromatic carbocycles. The molecule has 0 aromatic heterocycles. The maximum absolute atomic E-state index is 11.4. The van der Waals surface area contributed by atoms with Gasteiger partial charge in [0.05, 0.1) is 22.7 Å². The highest BCUT2D eigenvalue weighted by Crippen LogP contribution is 2.24. The number of nitro groups is 1. The molecule has 0 unspecified atom stereocenters. The Kier molecular flexibility index (Phi) is 5.10. The first-order valence-electron chi connectivity index (χ1n) is 7.03. The lowest BCUT2D eigenvalue weighted by molar-refractivity contribution is -0.384. The molecule has 8 nitrogen and oxygen atoms in total. The normalized spacial score (nSPS) is 13.1. The first-order chi connectivity index (χ1) is 11.4. The third kappa shape index (κ3) is 4.07. The maximum atomic E-state index is 11.4. The van der Waals surface area contributed by atoms with Gasteiger partial charge in [-0.3, -0.25) is 14.9 Å². The topological polar surface area (TPSA) is 122 Å². The van der Waals surface area contributed by atoms with Crippen molar-refractivity contribution in [3.8, 4) is 5.75 Å². The number of non-ortho nitro benzene ring substituents is 1. The average Bonchev–Trinajstić information content (AvgIpc) is 2.90. The number of hydrazone groups is 1. The number of anilines is 2. The van der Waals surface area contributed by atoms with E-state index in [4.69, 9.17) is 10.8 Å². The van der Waals surface area contributed by atoms with Crippen molar-refractivity contribution in [3.63, 3.8) is 0 Å². The Morgan fingerprint density at radius 3 is 2.42 bits per heavy atom. The summed E-state index contributed by atoms with van der Waals surface area (Å²) in [5.74, 6) is -0.0979. The van der Waals surface area contributed by atoms with E-state index >= 15 is 0 Å². The van der Waals surface area contributed by atoms with Crippen LogP contribution in [0.1, 0.15) is 13.3 Å². The summed E-state index contributed by atoms with van der Waals surface area (Å²) in [7, 11) is 0. The molecular formula is C16H16N4O4. The fourth-order valence-corrected chi connectivity index (χ4v) is 1.98. The number of nitrogens with two attached hydrogens (primary N) is 1. The van der Waals surface area contributed by atoms with E-state index in [0.717, 1.165) is 17.5 Å². The standard InChI is InChI=1S/C10H10N2O.C6H6N2O3/c1-8-7-10(13)12(11-8)9-5-3-2-4-6-9;7-5-3-4(8(10)11)1-2-6(5)9/h2-6H,7H2,1H3;1-3,9H,7H2. The molecule has 124 valence electrons. The Labute approximate surface area is 138 Å². The number of hydrogen-bond donors (Lipinski definition) is 2. The molecule has 3 N–H and O–H groups in total. The van der Waals surface area contributed by atoms with Crippen LogP contribution in [0.4, 0.5) is 17.1 Å². The zero-order valence-electron chi connectivity index (χ0n) is 12.9. The van der Waals surface area contributed by atoms with Gasteiger partial charge in [-0.1, -0.05) is 18.2 Å². The number of nitro benzene ring substituents is 1. The summed E-state index contributed by atoms with van der Waals surface area (Å²) in [6.45, 7) is 1.86. The highest BCUT2D eigenvalue weighted by atomic mass is 16.6. The van der Waals surface area contributed by atoms with Crippen LogP contribution < -0.4 is 10.7 Å². The number of aromatic hydroxyl groups is 1. The van der Waals surface area contributed by atoms with Gasteiger partial charge in [0.25, 0.3) is 11.6 Å². The van der Waals surface area contributed by atoms with Gasteiger partial charge in [0, 0.05) is 17.8 Å². The number of para-hydroxylation sites is 1. The second-order valence-electron chi connectivity index (χ2n) is 5.05. The van der Waals surface area contributed by atoms with E-state index < -0.39 is 4.92 Å². The lowest BCUT2D eigenvalue weighted by Crippen LogP contribution is -2.19. The second-order valence-corrected chi connectivity index (χ2v) is 5.05. The van der Waals surface area contributed by atoms with Crippen LogP contribution in [0.5, 0.6) is 5.75 Å². The monoisotopic (exact) mass is 328 g/mol. The van der Waals surface area contributed by atoms with Crippen molar-refractivity contribution in [2.75, 3.05) is 10.7 Å². The summed E-state index contributed by atoms with van der Waals surface area (Å²) in [6, 6.07) is 12.9. The minimum absolute atomic E-state index is 0.0131. The van der Waals surface area contributed by atoms with Crippen molar-refractivity contribution in [2.24, 2.45) is 5.10 Å². The fourth-order valence-electron chi connectivity index (χ4n) is 1.98. The Morgan fingerprint density at radius 1 is 1.25 bits per heavy atom. The van der Waals surface area contributed by atoms with Crippen LogP contribution in [0.25, 0.3) is 0 Å². The molecule has 0 bridgehead atoms. The zero-order chi connectivity index (χ0) is 17.7. The number of carbonyl (C=O) groups is 1. The number of nitrogens with zero attached hydrogens (tertiary/aromatic N) is 3. The molecule has 8 heteroatoms. The van der Waals surface area contributed by atoms with Crippen molar-refractivity contribution < 1.29 is 14.8 Å². The van der Waals surface area contributed by atoms with E-state index in [-0.39, 0.29) is 23.0 Å². The molecule has 1 aliphatic rings. The molecule has 1 aliphatic heterocycles. The third-order valence-corrected chi connectivity index (χ3v) is 3.14. The largest absolute Gasteiger partial charge is 0.506 e. The molecule has 0 fully saturated rings. The van der Waals surface area contributed by atoms with E-state index in [0.29, 0.717) is 6.42 Å². The van der Waals surface area contributed by atoms with Crippen LogP contribution in [0.2, 0.25) is 0 Å². The average molecular weight is 328 g/mol. The number of benzene rings is 2. The summed E-state index contributed by atoms with van der Waals surface area (Å²) in [4.78, 5) is 21.0. The third-order valence-electron chi connectivity index (χ3n) is 3.14. The summed E-state index contributed by atoms with van der Waals surface area (Å²) in [5.41, 5.74) is 6.80. The van der Waals surface area contributed by atoms with Gasteiger partial charge in [-0.05, 0) is 25.1 Å². The smallest absolute Gasteiger partial charge is 0.271 e. The summed E-state index contributed by atoms with van der Waals surface area (Å²) in [5, 5.41) is 24.6. The number of phenols is 1. The van der Waals surface area contributed by atoms with Gasteiger partial charge in [-0.15, -0.1) is 0 Å². The highest BCUT2D eigenvalue weighted by Gasteiger charge is 2.21. The predicted octanol–water partition coefficient (Wildman–Crippen LogP) is 2.68. The van der Waals surface area contributed by atoms with Gasteiger partial charge >= 0.3 is 0 Å². The first kappa shape index (κ1) is 16.9. The van der Waals surface area contributed by atoms with Gasteiger partial charge in [-0.2, -0.15) is 5.10 Å². The molecule has 0 aliphatic carbocycles. The lowest BCUT2D eigenvalue weighted by Gasteiger charge is -2.10. The van der Waals surface area contributed by atoms with Gasteiger partial charge in [0.1, 0.15) is 5.75 Å². The van der Waals surface area contributed by atoms with Crippen LogP contribution in [0, 0.1) is 10.1 Å². The number of carbonyl (C=O) groups excluding carboxylic acids is 1. The molecule has 1 amide bonds. The van der Waals surface area contributed by atoms with Gasteiger partial charge < -0.3 is 10.8 Å². The van der Waals surface area contributed by atoms with Crippen molar-refractivity contribution in [3.05, 3.63) is 58.6 Å². The van der Waals surface area contributed by atoms with E-state index in [1.54, 1.807) is 0 Å².